The van der Waals surface area contributed by atoms with Crippen LogP contribution in [0.1, 0.15) is 18.4 Å². The van der Waals surface area contributed by atoms with Gasteiger partial charge in [0.15, 0.2) is 0 Å². The zero-order valence-corrected chi connectivity index (χ0v) is 16.1. The lowest BCUT2D eigenvalue weighted by atomic mass is 10.1. The number of anilines is 2. The molecule has 27 heavy (non-hydrogen) atoms. The van der Waals surface area contributed by atoms with Crippen LogP contribution in [0.25, 0.3) is 0 Å². The number of halogens is 1. The van der Waals surface area contributed by atoms with Gasteiger partial charge in [0.25, 0.3) is 15.9 Å². The van der Waals surface area contributed by atoms with Crippen LogP contribution in [0.15, 0.2) is 47.4 Å². The summed E-state index contributed by atoms with van der Waals surface area (Å²) in [6, 6.07) is 11.3. The number of carbonyl (C=O) groups is 1. The minimum Gasteiger partial charge on any atom is -0.368 e. The van der Waals surface area contributed by atoms with Gasteiger partial charge in [0, 0.05) is 29.5 Å². The first-order valence-electron chi connectivity index (χ1n) is 8.78. The van der Waals surface area contributed by atoms with Gasteiger partial charge in [-0.3, -0.25) is 9.52 Å². The lowest BCUT2D eigenvalue weighted by molar-refractivity contribution is -0.127. The maximum Gasteiger partial charge on any atom is 0.261 e. The summed E-state index contributed by atoms with van der Waals surface area (Å²) in [6.07, 6.45) is 1.97. The topological polar surface area (TPSA) is 75.7 Å². The zero-order valence-electron chi connectivity index (χ0n) is 14.5. The van der Waals surface area contributed by atoms with E-state index in [9.17, 15) is 13.2 Å². The third kappa shape index (κ3) is 3.67. The molecular weight excluding hydrogens is 388 g/mol. The van der Waals surface area contributed by atoms with Crippen LogP contribution in [0.2, 0.25) is 5.02 Å². The monoisotopic (exact) mass is 406 g/mol. The molecule has 2 aromatic carbocycles. The normalized spacial score (nSPS) is 19.1. The lowest BCUT2D eigenvalue weighted by Crippen LogP contribution is -2.37. The molecule has 1 N–H and O–H groups in total. The Morgan fingerprint density at radius 1 is 1.22 bits per heavy atom. The van der Waals surface area contributed by atoms with Gasteiger partial charge in [-0.25, -0.2) is 8.42 Å². The van der Waals surface area contributed by atoms with Crippen LogP contribution in [0.3, 0.4) is 0 Å². The van der Waals surface area contributed by atoms with Crippen molar-refractivity contribution in [3.8, 4) is 0 Å². The fraction of sp³-hybridized carbons (Fsp3) is 0.316. The standard InChI is InChI=1S/C19H19ClN2O4S/c20-14-3-1-4-16(12-14)27(24,25)21-15-6-7-17-13(11-15)8-9-22(17)19(23)18-5-2-10-26-18/h1,3-4,6-7,11-12,18,21H,2,5,8-10H2. The summed E-state index contributed by atoms with van der Waals surface area (Å²) < 4.78 is 33.2. The van der Waals surface area contributed by atoms with E-state index in [4.69, 9.17) is 16.3 Å². The first-order valence-corrected chi connectivity index (χ1v) is 10.6. The third-order valence-electron chi connectivity index (χ3n) is 4.80. The molecule has 1 fully saturated rings. The predicted molar refractivity (Wildman–Crippen MR) is 104 cm³/mol. The smallest absolute Gasteiger partial charge is 0.261 e. The van der Waals surface area contributed by atoms with Crippen LogP contribution in [0.5, 0.6) is 0 Å². The van der Waals surface area contributed by atoms with Crippen molar-refractivity contribution < 1.29 is 17.9 Å². The summed E-state index contributed by atoms with van der Waals surface area (Å²) in [5.74, 6) is -0.0153. The first-order chi connectivity index (χ1) is 12.9. The van der Waals surface area contributed by atoms with Gasteiger partial charge in [-0.2, -0.15) is 0 Å². The van der Waals surface area contributed by atoms with Crippen molar-refractivity contribution in [2.45, 2.75) is 30.3 Å². The highest BCUT2D eigenvalue weighted by Gasteiger charge is 2.32. The molecule has 4 rings (SSSR count). The number of nitrogens with one attached hydrogen (secondary N) is 1. The largest absolute Gasteiger partial charge is 0.368 e. The molecule has 0 bridgehead atoms. The molecule has 2 aliphatic rings. The Morgan fingerprint density at radius 2 is 2.07 bits per heavy atom. The summed E-state index contributed by atoms with van der Waals surface area (Å²) in [6.45, 7) is 1.21. The number of hydrogen-bond acceptors (Lipinski definition) is 4. The van der Waals surface area contributed by atoms with E-state index in [1.807, 2.05) is 0 Å². The summed E-state index contributed by atoms with van der Waals surface area (Å²) in [4.78, 5) is 14.5. The highest BCUT2D eigenvalue weighted by molar-refractivity contribution is 7.92. The Balaban J connectivity index is 1.55. The van der Waals surface area contributed by atoms with Gasteiger partial charge < -0.3 is 9.64 Å². The highest BCUT2D eigenvalue weighted by atomic mass is 35.5. The number of sulfonamides is 1. The predicted octanol–water partition coefficient (Wildman–Crippen LogP) is 3.21. The van der Waals surface area contributed by atoms with Gasteiger partial charge in [0.05, 0.1) is 4.90 Å². The number of ether oxygens (including phenoxy) is 1. The average molecular weight is 407 g/mol. The average Bonchev–Trinajstić information content (AvgIpc) is 3.30. The third-order valence-corrected chi connectivity index (χ3v) is 6.42. The quantitative estimate of drug-likeness (QED) is 0.845. The van der Waals surface area contributed by atoms with E-state index in [2.05, 4.69) is 4.72 Å². The molecule has 1 amide bonds. The molecule has 1 saturated heterocycles. The molecular formula is C19H19ClN2O4S. The molecule has 2 aromatic rings. The van der Waals surface area contributed by atoms with E-state index in [1.54, 1.807) is 35.2 Å². The van der Waals surface area contributed by atoms with Crippen LogP contribution in [0, 0.1) is 0 Å². The summed E-state index contributed by atoms with van der Waals surface area (Å²) in [5, 5.41) is 0.357. The summed E-state index contributed by atoms with van der Waals surface area (Å²) in [7, 11) is -3.73. The van der Waals surface area contributed by atoms with Crippen LogP contribution >= 0.6 is 11.6 Å². The van der Waals surface area contributed by atoms with E-state index in [1.165, 1.54) is 12.1 Å². The minimum atomic E-state index is -3.73. The second kappa shape index (κ2) is 7.14. The van der Waals surface area contributed by atoms with Gasteiger partial charge in [0.1, 0.15) is 6.10 Å². The molecule has 1 atom stereocenters. The Morgan fingerprint density at radius 3 is 2.81 bits per heavy atom. The zero-order chi connectivity index (χ0) is 19.0. The van der Waals surface area contributed by atoms with Crippen molar-refractivity contribution in [3.63, 3.8) is 0 Å². The SMILES string of the molecule is O=C(C1CCCO1)N1CCc2cc(NS(=O)(=O)c3cccc(Cl)c3)ccc21. The van der Waals surface area contributed by atoms with Gasteiger partial charge in [-0.1, -0.05) is 17.7 Å². The fourth-order valence-corrected chi connectivity index (χ4v) is 4.84. The van der Waals surface area contributed by atoms with Gasteiger partial charge in [-0.15, -0.1) is 0 Å². The molecule has 0 aliphatic carbocycles. The first kappa shape index (κ1) is 18.3. The van der Waals surface area contributed by atoms with Crippen molar-refractivity contribution in [2.75, 3.05) is 22.8 Å². The van der Waals surface area contributed by atoms with Crippen molar-refractivity contribution in [3.05, 3.63) is 53.1 Å². The maximum absolute atomic E-state index is 12.6. The van der Waals surface area contributed by atoms with E-state index in [0.717, 1.165) is 24.1 Å². The Labute approximate surface area is 163 Å². The second-order valence-corrected chi connectivity index (χ2v) is 8.77. The fourth-order valence-electron chi connectivity index (χ4n) is 3.49. The van der Waals surface area contributed by atoms with Gasteiger partial charge >= 0.3 is 0 Å². The van der Waals surface area contributed by atoms with Crippen LogP contribution in [-0.4, -0.2) is 33.6 Å². The van der Waals surface area contributed by atoms with Crippen molar-refractivity contribution in [1.29, 1.82) is 0 Å². The summed E-state index contributed by atoms with van der Waals surface area (Å²) in [5.41, 5.74) is 2.22. The Kier molecular flexibility index (Phi) is 4.84. The van der Waals surface area contributed by atoms with E-state index >= 15 is 0 Å². The van der Waals surface area contributed by atoms with E-state index < -0.39 is 10.0 Å². The molecule has 0 aromatic heterocycles. The summed E-state index contributed by atoms with van der Waals surface area (Å²) >= 11 is 5.89. The van der Waals surface area contributed by atoms with Crippen molar-refractivity contribution in [2.24, 2.45) is 0 Å². The van der Waals surface area contributed by atoms with Crippen LogP contribution in [0.4, 0.5) is 11.4 Å². The molecule has 0 saturated carbocycles. The molecule has 0 spiro atoms. The second-order valence-electron chi connectivity index (χ2n) is 6.65. The number of benzene rings is 2. The molecule has 2 aliphatic heterocycles. The number of amides is 1. The minimum absolute atomic E-state index is 0.0153. The van der Waals surface area contributed by atoms with Crippen molar-refractivity contribution >= 4 is 38.9 Å². The van der Waals surface area contributed by atoms with Crippen molar-refractivity contribution in [1.82, 2.24) is 0 Å². The number of carbonyl (C=O) groups excluding carboxylic acids is 1. The molecule has 142 valence electrons. The molecule has 6 nitrogen and oxygen atoms in total. The highest BCUT2D eigenvalue weighted by Crippen LogP contribution is 2.33. The number of rotatable bonds is 4. The number of fused-ring (bicyclic) bond motifs is 1. The number of nitrogens with zero attached hydrogens (tertiary/aromatic N) is 1. The van der Waals surface area contributed by atoms with E-state index in [-0.39, 0.29) is 16.9 Å². The van der Waals surface area contributed by atoms with E-state index in [0.29, 0.717) is 30.3 Å². The molecule has 0 radical (unpaired) electrons. The Bertz CT molecular complexity index is 987. The van der Waals surface area contributed by atoms with Gasteiger partial charge in [-0.05, 0) is 61.2 Å². The lowest BCUT2D eigenvalue weighted by Gasteiger charge is -2.21. The molecule has 8 heteroatoms. The Hall–Kier alpha value is -2.09. The van der Waals surface area contributed by atoms with Gasteiger partial charge in [0.2, 0.25) is 0 Å². The number of hydrogen-bond donors (Lipinski definition) is 1. The van der Waals surface area contributed by atoms with Crippen LogP contribution < -0.4 is 9.62 Å². The maximum atomic E-state index is 12.6. The van der Waals surface area contributed by atoms with Crippen LogP contribution in [-0.2, 0) is 26.0 Å². The molecule has 1 unspecified atom stereocenters. The molecule has 2 heterocycles.